The number of anilines is 2. The minimum atomic E-state index is -1.13. The summed E-state index contributed by atoms with van der Waals surface area (Å²) in [5.41, 5.74) is 1.83. The van der Waals surface area contributed by atoms with Gasteiger partial charge in [0.25, 0.3) is 5.91 Å². The number of aliphatic hydroxyl groups excluding tert-OH is 1. The lowest BCUT2D eigenvalue weighted by molar-refractivity contribution is -0.123. The molecule has 1 unspecified atom stereocenters. The lowest BCUT2D eigenvalue weighted by Crippen LogP contribution is -2.57. The maximum Gasteiger partial charge on any atom is 0.258 e. The van der Waals surface area contributed by atoms with Crippen molar-refractivity contribution in [1.29, 1.82) is 0 Å². The van der Waals surface area contributed by atoms with Crippen molar-refractivity contribution in [3.63, 3.8) is 0 Å². The highest BCUT2D eigenvalue weighted by Crippen LogP contribution is 2.39. The van der Waals surface area contributed by atoms with Crippen LogP contribution < -0.4 is 25.2 Å². The van der Waals surface area contributed by atoms with E-state index in [0.29, 0.717) is 31.2 Å². The van der Waals surface area contributed by atoms with Crippen LogP contribution in [0.5, 0.6) is 5.75 Å². The van der Waals surface area contributed by atoms with Crippen LogP contribution in [0.1, 0.15) is 42.8 Å². The summed E-state index contributed by atoms with van der Waals surface area (Å²) in [6.07, 6.45) is 1.54. The Balaban J connectivity index is 1.44. The van der Waals surface area contributed by atoms with Gasteiger partial charge in [0.1, 0.15) is 29.4 Å². The number of rotatable bonds is 2. The van der Waals surface area contributed by atoms with Crippen molar-refractivity contribution < 1.29 is 19.0 Å². The molecule has 11 nitrogen and oxygen atoms in total. The minimum absolute atomic E-state index is 0.193. The van der Waals surface area contributed by atoms with E-state index in [0.717, 1.165) is 55.3 Å². The number of aromatic nitrogens is 3. The number of piperidine rings is 1. The van der Waals surface area contributed by atoms with Crippen LogP contribution in [0.4, 0.5) is 16.0 Å². The van der Waals surface area contributed by atoms with Crippen molar-refractivity contribution >= 4 is 23.2 Å². The first-order chi connectivity index (χ1) is 18.9. The number of nitrogens with one attached hydrogen (secondary N) is 2. The molecule has 0 spiro atoms. The molecule has 3 aromatic rings. The number of carbonyl (C=O) groups excluding carboxylic acids is 1. The van der Waals surface area contributed by atoms with Crippen molar-refractivity contribution in [2.75, 3.05) is 63.2 Å². The van der Waals surface area contributed by atoms with Crippen molar-refractivity contribution in [3.8, 4) is 5.75 Å². The zero-order valence-corrected chi connectivity index (χ0v) is 22.3. The Morgan fingerprint density at radius 1 is 1.18 bits per heavy atom. The summed E-state index contributed by atoms with van der Waals surface area (Å²) < 4.78 is 21.9. The number of aliphatic hydroxyl groups is 1. The normalized spacial score (nSPS) is 23.2. The van der Waals surface area contributed by atoms with Gasteiger partial charge < -0.3 is 30.3 Å². The standard InChI is InChI=1S/C27H35FN8O3/c1-29-18-14-34(15-18)23-13-26-33(2)10-8-30-25(37)16-39-22-7-6-17(28)11-19(22)27(38)35-9-4-3-5-21(35)20-12-24(31-23)36(26)32-20/h6-7,11-13,18,21,27,29,38H,3-5,8-10,14-16H2,1-2H3,(H,30,37)/t21-,27?/m0/s1. The van der Waals surface area contributed by atoms with E-state index in [9.17, 15) is 14.3 Å². The molecule has 1 aromatic carbocycles. The number of fused-ring (bicyclic) bond motifs is 4. The fraction of sp³-hybridized carbons (Fsp3) is 0.519. The Kier molecular flexibility index (Phi) is 7.00. The van der Waals surface area contributed by atoms with Crippen LogP contribution in [0.3, 0.4) is 0 Å². The van der Waals surface area contributed by atoms with Crippen molar-refractivity contribution in [1.82, 2.24) is 30.1 Å². The zero-order chi connectivity index (χ0) is 27.1. The SMILES string of the molecule is CNC1CN(c2cc3n4nc(cc4n2)[C@@H]2CCCCN2C(O)c2cc(F)ccc2OCC(=O)NCCN3C)C1. The first-order valence-corrected chi connectivity index (χ1v) is 13.6. The van der Waals surface area contributed by atoms with E-state index in [4.69, 9.17) is 14.8 Å². The summed E-state index contributed by atoms with van der Waals surface area (Å²) >= 11 is 0. The molecule has 2 bridgehead atoms. The first-order valence-electron chi connectivity index (χ1n) is 13.6. The number of nitrogens with zero attached hydrogens (tertiary/aromatic N) is 6. The van der Waals surface area contributed by atoms with Crippen LogP contribution in [0, 0.1) is 5.82 Å². The van der Waals surface area contributed by atoms with Gasteiger partial charge in [0.2, 0.25) is 0 Å². The highest BCUT2D eigenvalue weighted by molar-refractivity contribution is 5.77. The van der Waals surface area contributed by atoms with Gasteiger partial charge in [-0.1, -0.05) is 6.42 Å². The molecule has 208 valence electrons. The molecule has 6 rings (SSSR count). The Morgan fingerprint density at radius 2 is 2.03 bits per heavy atom. The molecule has 2 fully saturated rings. The van der Waals surface area contributed by atoms with Gasteiger partial charge >= 0.3 is 0 Å². The maximum absolute atomic E-state index is 14.3. The van der Waals surface area contributed by atoms with Gasteiger partial charge in [0.05, 0.1) is 11.7 Å². The molecule has 5 heterocycles. The largest absolute Gasteiger partial charge is 0.483 e. The van der Waals surface area contributed by atoms with E-state index in [2.05, 4.69) is 20.4 Å². The van der Waals surface area contributed by atoms with Crippen LogP contribution in [-0.2, 0) is 4.79 Å². The third-order valence-corrected chi connectivity index (χ3v) is 8.00. The first kappa shape index (κ1) is 25.8. The van der Waals surface area contributed by atoms with Crippen LogP contribution in [0.15, 0.2) is 30.3 Å². The topological polar surface area (TPSA) is 111 Å². The van der Waals surface area contributed by atoms with Gasteiger partial charge in [-0.3, -0.25) is 9.69 Å². The number of halogens is 1. The van der Waals surface area contributed by atoms with E-state index in [1.165, 1.54) is 18.2 Å². The molecule has 39 heavy (non-hydrogen) atoms. The molecule has 2 saturated heterocycles. The lowest BCUT2D eigenvalue weighted by atomic mass is 9.97. The maximum atomic E-state index is 14.3. The van der Waals surface area contributed by atoms with E-state index in [1.807, 2.05) is 35.6 Å². The van der Waals surface area contributed by atoms with Crippen molar-refractivity contribution in [3.05, 3.63) is 47.4 Å². The number of amides is 1. The quantitative estimate of drug-likeness (QED) is 0.447. The summed E-state index contributed by atoms with van der Waals surface area (Å²) in [7, 11) is 3.94. The Bertz CT molecular complexity index is 1360. The third-order valence-electron chi connectivity index (χ3n) is 8.00. The minimum Gasteiger partial charge on any atom is -0.483 e. The summed E-state index contributed by atoms with van der Waals surface area (Å²) in [5, 5.41) is 22.7. The molecule has 12 heteroatoms. The molecular weight excluding hydrogens is 503 g/mol. The molecule has 0 aliphatic carbocycles. The second-order valence-electron chi connectivity index (χ2n) is 10.6. The number of hydrogen-bond acceptors (Lipinski definition) is 9. The average Bonchev–Trinajstić information content (AvgIpc) is 3.34. The van der Waals surface area contributed by atoms with Crippen LogP contribution in [0.2, 0.25) is 0 Å². The summed E-state index contributed by atoms with van der Waals surface area (Å²) in [6, 6.07) is 8.29. The molecule has 2 atom stereocenters. The number of benzene rings is 1. The molecular formula is C27H35FN8O3. The van der Waals surface area contributed by atoms with Crippen molar-refractivity contribution in [2.24, 2.45) is 0 Å². The van der Waals surface area contributed by atoms with Gasteiger partial charge in [-0.05, 0) is 38.1 Å². The number of carbonyl (C=O) groups is 1. The second kappa shape index (κ2) is 10.6. The Labute approximate surface area is 226 Å². The zero-order valence-electron chi connectivity index (χ0n) is 22.3. The van der Waals surface area contributed by atoms with E-state index < -0.39 is 12.0 Å². The highest BCUT2D eigenvalue weighted by atomic mass is 19.1. The third kappa shape index (κ3) is 4.99. The highest BCUT2D eigenvalue weighted by Gasteiger charge is 2.34. The molecule has 0 saturated carbocycles. The Hall–Kier alpha value is -3.48. The smallest absolute Gasteiger partial charge is 0.258 e. The van der Waals surface area contributed by atoms with Gasteiger partial charge in [-0.25, -0.2) is 9.37 Å². The Morgan fingerprint density at radius 3 is 2.85 bits per heavy atom. The average molecular weight is 539 g/mol. The van der Waals surface area contributed by atoms with Gasteiger partial charge in [0.15, 0.2) is 12.3 Å². The molecule has 3 aliphatic rings. The van der Waals surface area contributed by atoms with E-state index in [1.54, 1.807) is 0 Å². The fourth-order valence-corrected chi connectivity index (χ4v) is 5.68. The number of likely N-dealkylation sites (N-methyl/N-ethyl adjacent to an activating group) is 2. The van der Waals surface area contributed by atoms with E-state index >= 15 is 0 Å². The summed E-state index contributed by atoms with van der Waals surface area (Å²) in [5.74, 6) is 1.25. The number of ether oxygens (including phenoxy) is 1. The lowest BCUT2D eigenvalue weighted by Gasteiger charge is -2.40. The van der Waals surface area contributed by atoms with Crippen LogP contribution in [-0.4, -0.2) is 90.0 Å². The van der Waals surface area contributed by atoms with Gasteiger partial charge in [0, 0.05) is 63.5 Å². The molecule has 2 aromatic heterocycles. The second-order valence-corrected chi connectivity index (χ2v) is 10.6. The molecule has 3 aliphatic heterocycles. The van der Waals surface area contributed by atoms with Gasteiger partial charge in [-0.15, -0.1) is 0 Å². The summed E-state index contributed by atoms with van der Waals surface area (Å²) in [4.78, 5) is 23.7. The molecule has 3 N–H and O–H groups in total. The van der Waals surface area contributed by atoms with Crippen LogP contribution >= 0.6 is 0 Å². The fourth-order valence-electron chi connectivity index (χ4n) is 5.68. The van der Waals surface area contributed by atoms with Crippen LogP contribution in [0.25, 0.3) is 5.65 Å². The monoisotopic (exact) mass is 538 g/mol. The van der Waals surface area contributed by atoms with E-state index in [-0.39, 0.29) is 24.3 Å². The molecule has 0 radical (unpaired) electrons. The number of hydrogen-bond donors (Lipinski definition) is 3. The summed E-state index contributed by atoms with van der Waals surface area (Å²) in [6.45, 7) is 3.07. The van der Waals surface area contributed by atoms with Gasteiger partial charge in [-0.2, -0.15) is 9.61 Å². The predicted molar refractivity (Wildman–Crippen MR) is 144 cm³/mol. The molecule has 1 amide bonds. The predicted octanol–water partition coefficient (Wildman–Crippen LogP) is 1.44. The van der Waals surface area contributed by atoms with Crippen molar-refractivity contribution in [2.45, 2.75) is 37.6 Å².